The van der Waals surface area contributed by atoms with Crippen LogP contribution < -0.4 is 30.0 Å². The molecule has 4 atom stereocenters. The Hall–Kier alpha value is -2.94. The van der Waals surface area contributed by atoms with Crippen molar-refractivity contribution in [1.29, 1.82) is 0 Å². The van der Waals surface area contributed by atoms with Gasteiger partial charge in [0.05, 0.1) is 19.2 Å². The van der Waals surface area contributed by atoms with E-state index >= 15 is 0 Å². The zero-order valence-electron chi connectivity index (χ0n) is 20.5. The number of rotatable bonds is 5. The van der Waals surface area contributed by atoms with E-state index in [2.05, 4.69) is 22.9 Å². The van der Waals surface area contributed by atoms with Crippen LogP contribution in [0, 0.1) is 13.8 Å². The molecule has 0 radical (unpaired) electrons. The number of piperazine rings is 1. The highest BCUT2D eigenvalue weighted by molar-refractivity contribution is 5.66. The third kappa shape index (κ3) is 3.16. The van der Waals surface area contributed by atoms with E-state index in [1.807, 2.05) is 13.8 Å². The minimum Gasteiger partial charge on any atom is -0.504 e. The Morgan fingerprint density at radius 2 is 2.03 bits per heavy atom. The second-order valence-electron chi connectivity index (χ2n) is 9.92. The molecule has 2 bridgehead atoms. The molecule has 4 aliphatic rings. The molecule has 6 rings (SSSR count). The van der Waals surface area contributed by atoms with Crippen molar-refractivity contribution in [3.05, 3.63) is 52.1 Å². The lowest BCUT2D eigenvalue weighted by Gasteiger charge is -2.54. The van der Waals surface area contributed by atoms with Crippen LogP contribution in [0.2, 0.25) is 0 Å². The maximum atomic E-state index is 11.3. The molecule has 0 amide bonds. The number of phenolic OH excluding ortho intramolecular Hbond substituents is 1. The third-order valence-corrected chi connectivity index (χ3v) is 8.06. The highest BCUT2D eigenvalue weighted by Crippen LogP contribution is 2.55. The van der Waals surface area contributed by atoms with E-state index in [9.17, 15) is 5.11 Å². The topological polar surface area (TPSA) is 98.4 Å². The minimum absolute atomic E-state index is 0.0472. The van der Waals surface area contributed by atoms with E-state index in [0.29, 0.717) is 18.9 Å². The van der Waals surface area contributed by atoms with Gasteiger partial charge in [-0.05, 0) is 37.8 Å². The summed E-state index contributed by atoms with van der Waals surface area (Å²) in [6.07, 6.45) is 3.33. The monoisotopic (exact) mass is 479 g/mol. The number of ether oxygens (including phenoxy) is 4. The summed E-state index contributed by atoms with van der Waals surface area (Å²) in [6.45, 7) is 9.73. The van der Waals surface area contributed by atoms with E-state index < -0.39 is 0 Å². The number of nitrogens with zero attached hydrogens (tertiary/aromatic N) is 1. The Bertz CT molecular complexity index is 1210. The molecule has 2 aromatic rings. The molecule has 0 saturated carbocycles. The summed E-state index contributed by atoms with van der Waals surface area (Å²) < 4.78 is 23.7. The molecule has 0 aliphatic carbocycles. The van der Waals surface area contributed by atoms with Gasteiger partial charge in [0.2, 0.25) is 6.79 Å². The first kappa shape index (κ1) is 22.5. The average molecular weight is 480 g/mol. The van der Waals surface area contributed by atoms with Crippen LogP contribution >= 0.6 is 0 Å². The van der Waals surface area contributed by atoms with E-state index in [1.54, 1.807) is 13.2 Å². The molecular formula is C27H33N3O5. The number of nitrogens with two attached hydrogens (primary N) is 1. The summed E-state index contributed by atoms with van der Waals surface area (Å²) in [4.78, 5) is 2.50. The summed E-state index contributed by atoms with van der Waals surface area (Å²) in [7, 11) is 1.61. The number of nitrogens with one attached hydrogen (secondary N) is 1. The van der Waals surface area contributed by atoms with Crippen LogP contribution in [0.25, 0.3) is 0 Å². The van der Waals surface area contributed by atoms with Gasteiger partial charge >= 0.3 is 0 Å². The Labute approximate surface area is 205 Å². The number of aromatic hydroxyl groups is 1. The normalized spacial score (nSPS) is 25.9. The smallest absolute Gasteiger partial charge is 0.231 e. The lowest BCUT2D eigenvalue weighted by Crippen LogP contribution is -2.64. The number of benzene rings is 2. The molecule has 1 saturated heterocycles. The molecule has 0 aromatic heterocycles. The SMILES string of the molecule is C=CCOc1c(C)c2c(c3c1CC1[C@@H]4NC(Cc5cc(C)c(OC)c(O)c54)CN1[C@H]3CN)OCO2. The van der Waals surface area contributed by atoms with Crippen molar-refractivity contribution in [2.24, 2.45) is 5.73 Å². The summed E-state index contributed by atoms with van der Waals surface area (Å²) in [6, 6.07) is 2.40. The fourth-order valence-electron chi connectivity index (χ4n) is 6.76. The molecule has 0 spiro atoms. The van der Waals surface area contributed by atoms with Crippen molar-refractivity contribution in [2.45, 2.75) is 50.9 Å². The Kier molecular flexibility index (Phi) is 5.36. The van der Waals surface area contributed by atoms with Crippen LogP contribution in [0.5, 0.6) is 28.7 Å². The molecule has 8 heteroatoms. The van der Waals surface area contributed by atoms with Crippen LogP contribution in [-0.2, 0) is 12.8 Å². The highest BCUT2D eigenvalue weighted by atomic mass is 16.7. The number of methoxy groups -OCH3 is 1. The number of hydrogen-bond donors (Lipinski definition) is 3. The molecule has 4 N–H and O–H groups in total. The molecule has 186 valence electrons. The largest absolute Gasteiger partial charge is 0.504 e. The average Bonchev–Trinajstić information content (AvgIpc) is 3.33. The maximum Gasteiger partial charge on any atom is 0.231 e. The summed E-state index contributed by atoms with van der Waals surface area (Å²) in [5.41, 5.74) is 12.7. The fourth-order valence-corrected chi connectivity index (χ4v) is 6.76. The van der Waals surface area contributed by atoms with E-state index in [-0.39, 0.29) is 36.7 Å². The van der Waals surface area contributed by atoms with Crippen molar-refractivity contribution in [3.8, 4) is 28.7 Å². The van der Waals surface area contributed by atoms with Crippen LogP contribution in [0.3, 0.4) is 0 Å². The van der Waals surface area contributed by atoms with Gasteiger partial charge < -0.3 is 35.1 Å². The van der Waals surface area contributed by atoms with Gasteiger partial charge in [-0.3, -0.25) is 4.90 Å². The molecule has 2 aromatic carbocycles. The van der Waals surface area contributed by atoms with Crippen molar-refractivity contribution in [2.75, 3.05) is 33.6 Å². The Morgan fingerprint density at radius 1 is 1.23 bits per heavy atom. The van der Waals surface area contributed by atoms with Crippen LogP contribution in [0.1, 0.15) is 45.5 Å². The number of hydrogen-bond acceptors (Lipinski definition) is 8. The first-order chi connectivity index (χ1) is 17.0. The number of aryl methyl sites for hydroxylation is 1. The van der Waals surface area contributed by atoms with Crippen LogP contribution in [0.4, 0.5) is 0 Å². The Morgan fingerprint density at radius 3 is 2.77 bits per heavy atom. The molecule has 4 heterocycles. The molecule has 8 nitrogen and oxygen atoms in total. The third-order valence-electron chi connectivity index (χ3n) is 8.06. The van der Waals surface area contributed by atoms with Gasteiger partial charge in [-0.25, -0.2) is 0 Å². The summed E-state index contributed by atoms with van der Waals surface area (Å²) >= 11 is 0. The van der Waals surface area contributed by atoms with E-state index in [1.165, 1.54) is 5.56 Å². The van der Waals surface area contributed by atoms with Gasteiger partial charge in [-0.2, -0.15) is 0 Å². The zero-order valence-corrected chi connectivity index (χ0v) is 20.5. The fraction of sp³-hybridized carbons (Fsp3) is 0.481. The standard InChI is InChI=1S/C27H33N3O5/c1-5-6-33-25-14(3)26-27(35-12-34-26)21-17(25)9-18-22-20-15(7-13(2)24(32-4)23(20)31)8-16(29-22)11-30(18)19(21)10-28/h5,7,16,18-19,22,29,31H,1,6,8-12,28H2,2-4H3/t16?,18?,19-,22-/m0/s1. The van der Waals surface area contributed by atoms with Gasteiger partial charge in [0.15, 0.2) is 23.0 Å². The van der Waals surface area contributed by atoms with Gasteiger partial charge in [-0.1, -0.05) is 18.7 Å². The maximum absolute atomic E-state index is 11.3. The number of fused-ring (bicyclic) bond motifs is 9. The van der Waals surface area contributed by atoms with Gasteiger partial charge in [0.25, 0.3) is 0 Å². The molecule has 4 aliphatic heterocycles. The second-order valence-corrected chi connectivity index (χ2v) is 9.92. The van der Waals surface area contributed by atoms with Gasteiger partial charge in [0, 0.05) is 47.4 Å². The lowest BCUT2D eigenvalue weighted by molar-refractivity contribution is 0.0303. The lowest BCUT2D eigenvalue weighted by atomic mass is 9.75. The van der Waals surface area contributed by atoms with Crippen LogP contribution in [-0.4, -0.2) is 55.7 Å². The van der Waals surface area contributed by atoms with E-state index in [4.69, 9.17) is 24.7 Å². The predicted molar refractivity (Wildman–Crippen MR) is 132 cm³/mol. The highest BCUT2D eigenvalue weighted by Gasteiger charge is 2.50. The molecule has 2 unspecified atom stereocenters. The predicted octanol–water partition coefficient (Wildman–Crippen LogP) is 2.81. The summed E-state index contributed by atoms with van der Waals surface area (Å²) in [5, 5.41) is 15.1. The first-order valence-corrected chi connectivity index (χ1v) is 12.3. The van der Waals surface area contributed by atoms with Crippen LogP contribution in [0.15, 0.2) is 18.7 Å². The van der Waals surface area contributed by atoms with Gasteiger partial charge in [-0.15, -0.1) is 0 Å². The molecular weight excluding hydrogens is 446 g/mol. The number of phenols is 1. The molecule has 35 heavy (non-hydrogen) atoms. The summed E-state index contributed by atoms with van der Waals surface area (Å²) in [5.74, 6) is 3.15. The van der Waals surface area contributed by atoms with E-state index in [0.717, 1.165) is 64.5 Å². The van der Waals surface area contributed by atoms with Crippen molar-refractivity contribution < 1.29 is 24.1 Å². The van der Waals surface area contributed by atoms with Crippen molar-refractivity contribution >= 4 is 0 Å². The second kappa shape index (κ2) is 8.33. The minimum atomic E-state index is -0.0628. The van der Waals surface area contributed by atoms with Gasteiger partial charge in [0.1, 0.15) is 12.4 Å². The van der Waals surface area contributed by atoms with Crippen molar-refractivity contribution in [3.63, 3.8) is 0 Å². The molecule has 1 fully saturated rings. The first-order valence-electron chi connectivity index (χ1n) is 12.3. The van der Waals surface area contributed by atoms with Crippen molar-refractivity contribution in [1.82, 2.24) is 10.2 Å². The quantitative estimate of drug-likeness (QED) is 0.564. The zero-order chi connectivity index (χ0) is 24.4. The Balaban J connectivity index is 1.53.